The average Bonchev–Trinajstić information content (AvgIpc) is 2.75. The SMILES string of the molecule is CN(C)CCCNc1ccc2c(=O)n(CCN(C)C)c(=O)n3c4ccccc4c(=O)c1c23. The number of nitrogens with one attached hydrogen (secondary N) is 1. The van der Waals surface area contributed by atoms with E-state index in [-0.39, 0.29) is 17.5 Å². The summed E-state index contributed by atoms with van der Waals surface area (Å²) in [5, 5.41) is 4.58. The second-order valence-electron chi connectivity index (χ2n) is 8.69. The van der Waals surface area contributed by atoms with E-state index in [4.69, 9.17) is 0 Å². The lowest BCUT2D eigenvalue weighted by Gasteiger charge is -2.17. The number of likely N-dealkylation sites (N-methyl/N-ethyl adjacent to an activating group) is 1. The summed E-state index contributed by atoms with van der Waals surface area (Å²) in [5.74, 6) is 0. The molecule has 4 rings (SSSR count). The standard InChI is InChI=1S/C24H29N5O3/c1-26(2)13-7-12-25-18-11-10-17-21-20(18)22(30)16-8-5-6-9-19(16)29(21)24(32)28(23(17)31)15-14-27(3)4/h5-6,8-11,25H,7,12-15H2,1-4H3. The number of anilines is 1. The molecular weight excluding hydrogens is 406 g/mol. The molecule has 0 spiro atoms. The Morgan fingerprint density at radius 3 is 2.31 bits per heavy atom. The Kier molecular flexibility index (Phi) is 5.99. The highest BCUT2D eigenvalue weighted by Gasteiger charge is 2.20. The van der Waals surface area contributed by atoms with Crippen molar-refractivity contribution < 1.29 is 0 Å². The summed E-state index contributed by atoms with van der Waals surface area (Å²) >= 11 is 0. The van der Waals surface area contributed by atoms with Crippen molar-refractivity contribution in [2.45, 2.75) is 13.0 Å². The molecule has 0 amide bonds. The molecule has 0 aliphatic heterocycles. The maximum Gasteiger partial charge on any atom is 0.336 e. The summed E-state index contributed by atoms with van der Waals surface area (Å²) in [7, 11) is 7.82. The lowest BCUT2D eigenvalue weighted by Crippen LogP contribution is -2.40. The second kappa shape index (κ2) is 8.72. The first kappa shape index (κ1) is 22.0. The predicted molar refractivity (Wildman–Crippen MR) is 131 cm³/mol. The van der Waals surface area contributed by atoms with Gasteiger partial charge in [-0.3, -0.25) is 18.6 Å². The van der Waals surface area contributed by atoms with Crippen molar-refractivity contribution in [2.24, 2.45) is 0 Å². The van der Waals surface area contributed by atoms with Gasteiger partial charge in [0.1, 0.15) is 0 Å². The van der Waals surface area contributed by atoms with E-state index in [0.717, 1.165) is 13.0 Å². The van der Waals surface area contributed by atoms with E-state index in [1.165, 1.54) is 8.97 Å². The van der Waals surface area contributed by atoms with Gasteiger partial charge in [-0.15, -0.1) is 0 Å². The van der Waals surface area contributed by atoms with Crippen molar-refractivity contribution in [1.29, 1.82) is 0 Å². The zero-order valence-corrected chi connectivity index (χ0v) is 19.0. The van der Waals surface area contributed by atoms with Crippen molar-refractivity contribution in [3.63, 3.8) is 0 Å². The molecule has 8 heteroatoms. The molecule has 2 aromatic heterocycles. The highest BCUT2D eigenvalue weighted by atomic mass is 16.2. The molecule has 0 aliphatic rings. The van der Waals surface area contributed by atoms with E-state index in [1.54, 1.807) is 36.4 Å². The zero-order valence-electron chi connectivity index (χ0n) is 19.0. The molecule has 2 aromatic carbocycles. The van der Waals surface area contributed by atoms with Crippen LogP contribution in [0.5, 0.6) is 0 Å². The van der Waals surface area contributed by atoms with Crippen LogP contribution in [-0.2, 0) is 6.54 Å². The molecule has 2 heterocycles. The summed E-state index contributed by atoms with van der Waals surface area (Å²) in [6, 6.07) is 10.6. The van der Waals surface area contributed by atoms with Crippen LogP contribution in [0.1, 0.15) is 6.42 Å². The molecule has 0 unspecified atom stereocenters. The Morgan fingerprint density at radius 2 is 1.59 bits per heavy atom. The summed E-state index contributed by atoms with van der Waals surface area (Å²) in [6.07, 6.45) is 0.897. The molecule has 0 bridgehead atoms. The Bertz CT molecular complexity index is 1450. The number of rotatable bonds is 8. The first-order valence-corrected chi connectivity index (χ1v) is 10.8. The second-order valence-corrected chi connectivity index (χ2v) is 8.69. The molecule has 32 heavy (non-hydrogen) atoms. The van der Waals surface area contributed by atoms with Gasteiger partial charge >= 0.3 is 5.69 Å². The van der Waals surface area contributed by atoms with Crippen molar-refractivity contribution in [3.05, 3.63) is 67.5 Å². The number of aromatic nitrogens is 2. The van der Waals surface area contributed by atoms with Gasteiger partial charge in [-0.05, 0) is 65.4 Å². The van der Waals surface area contributed by atoms with Crippen molar-refractivity contribution in [1.82, 2.24) is 18.8 Å². The smallest absolute Gasteiger partial charge is 0.336 e. The van der Waals surface area contributed by atoms with Gasteiger partial charge in [-0.1, -0.05) is 12.1 Å². The fourth-order valence-electron chi connectivity index (χ4n) is 4.16. The minimum atomic E-state index is -0.421. The number of fused-ring (bicyclic) bond motifs is 2. The van der Waals surface area contributed by atoms with Crippen molar-refractivity contribution in [3.8, 4) is 0 Å². The minimum absolute atomic E-state index is 0.175. The Balaban J connectivity index is 2.03. The van der Waals surface area contributed by atoms with Crippen LogP contribution < -0.4 is 22.0 Å². The molecule has 0 saturated heterocycles. The number of benzene rings is 2. The molecule has 8 nitrogen and oxygen atoms in total. The number of pyridine rings is 1. The van der Waals surface area contributed by atoms with Gasteiger partial charge in [0, 0.05) is 30.7 Å². The van der Waals surface area contributed by atoms with E-state index in [2.05, 4.69) is 10.2 Å². The summed E-state index contributed by atoms with van der Waals surface area (Å²) in [6.45, 7) is 2.42. The van der Waals surface area contributed by atoms with Gasteiger partial charge in [0.25, 0.3) is 5.56 Å². The van der Waals surface area contributed by atoms with E-state index < -0.39 is 5.69 Å². The van der Waals surface area contributed by atoms with Crippen molar-refractivity contribution >= 4 is 32.9 Å². The van der Waals surface area contributed by atoms with Gasteiger partial charge in [-0.2, -0.15) is 0 Å². The number of nitrogens with zero attached hydrogens (tertiary/aromatic N) is 4. The Labute approximate surface area is 185 Å². The van der Waals surface area contributed by atoms with Crippen LogP contribution >= 0.6 is 0 Å². The van der Waals surface area contributed by atoms with Crippen molar-refractivity contribution in [2.75, 3.05) is 53.1 Å². The van der Waals surface area contributed by atoms with Crippen LogP contribution in [0.4, 0.5) is 5.69 Å². The summed E-state index contributed by atoms with van der Waals surface area (Å²) in [5.41, 5.74) is 0.595. The normalized spacial score (nSPS) is 12.1. The fraction of sp³-hybridized carbons (Fsp3) is 0.375. The molecule has 0 radical (unpaired) electrons. The highest BCUT2D eigenvalue weighted by Crippen LogP contribution is 2.26. The summed E-state index contributed by atoms with van der Waals surface area (Å²) < 4.78 is 2.80. The van der Waals surface area contributed by atoms with Gasteiger partial charge in [0.2, 0.25) is 0 Å². The third-order valence-corrected chi connectivity index (χ3v) is 5.78. The quantitative estimate of drug-likeness (QED) is 0.257. The van der Waals surface area contributed by atoms with E-state index in [0.29, 0.717) is 46.0 Å². The van der Waals surface area contributed by atoms with Crippen LogP contribution in [0.25, 0.3) is 27.2 Å². The molecular formula is C24H29N5O3. The zero-order chi connectivity index (χ0) is 23.0. The van der Waals surface area contributed by atoms with Crippen LogP contribution in [0.15, 0.2) is 50.8 Å². The molecule has 0 fully saturated rings. The van der Waals surface area contributed by atoms with E-state index in [1.807, 2.05) is 33.1 Å². The number of hydrogen-bond donors (Lipinski definition) is 1. The maximum atomic E-state index is 13.5. The lowest BCUT2D eigenvalue weighted by molar-refractivity contribution is 0.376. The van der Waals surface area contributed by atoms with E-state index >= 15 is 0 Å². The topological polar surface area (TPSA) is 79.1 Å². The number of hydrogen-bond acceptors (Lipinski definition) is 6. The average molecular weight is 436 g/mol. The van der Waals surface area contributed by atoms with Crippen LogP contribution in [0, 0.1) is 0 Å². The lowest BCUT2D eigenvalue weighted by atomic mass is 10.0. The molecule has 4 aromatic rings. The summed E-state index contributed by atoms with van der Waals surface area (Å²) in [4.78, 5) is 44.3. The molecule has 0 aliphatic carbocycles. The highest BCUT2D eigenvalue weighted by molar-refractivity contribution is 6.07. The Hall–Kier alpha value is -3.23. The van der Waals surface area contributed by atoms with Gasteiger partial charge in [-0.25, -0.2) is 4.79 Å². The first-order valence-electron chi connectivity index (χ1n) is 10.8. The van der Waals surface area contributed by atoms with Gasteiger partial charge in [0.05, 0.1) is 21.8 Å². The van der Waals surface area contributed by atoms with Crippen LogP contribution in [0.3, 0.4) is 0 Å². The molecule has 0 atom stereocenters. The molecule has 0 saturated carbocycles. The third kappa shape index (κ3) is 3.76. The predicted octanol–water partition coefficient (Wildman–Crippen LogP) is 1.49. The largest absolute Gasteiger partial charge is 0.384 e. The van der Waals surface area contributed by atoms with Crippen LogP contribution in [-0.4, -0.2) is 66.6 Å². The van der Waals surface area contributed by atoms with Gasteiger partial charge < -0.3 is 15.1 Å². The van der Waals surface area contributed by atoms with Crippen LogP contribution in [0.2, 0.25) is 0 Å². The first-order chi connectivity index (χ1) is 15.3. The molecule has 1 N–H and O–H groups in total. The number of para-hydroxylation sites is 1. The Morgan fingerprint density at radius 1 is 0.875 bits per heavy atom. The monoisotopic (exact) mass is 435 g/mol. The van der Waals surface area contributed by atoms with E-state index in [9.17, 15) is 14.4 Å². The van der Waals surface area contributed by atoms with Gasteiger partial charge in [0.15, 0.2) is 5.43 Å². The minimum Gasteiger partial charge on any atom is -0.384 e. The fourth-order valence-corrected chi connectivity index (χ4v) is 4.16. The molecule has 168 valence electrons. The maximum absolute atomic E-state index is 13.5. The third-order valence-electron chi connectivity index (χ3n) is 5.78.